The summed E-state index contributed by atoms with van der Waals surface area (Å²) in [5.41, 5.74) is 0. The molecule has 0 aromatic carbocycles. The Balaban J connectivity index is 2.07. The van der Waals surface area contributed by atoms with Gasteiger partial charge in [0.25, 0.3) is 0 Å². The topological polar surface area (TPSA) is 38.3 Å². The van der Waals surface area contributed by atoms with Crippen molar-refractivity contribution in [3.63, 3.8) is 0 Å². The molecule has 0 bridgehead atoms. The first-order valence-electron chi connectivity index (χ1n) is 3.63. The summed E-state index contributed by atoms with van der Waals surface area (Å²) in [6.07, 6.45) is 1.57. The molecule has 0 spiro atoms. The number of hydrogen-bond acceptors (Lipinski definition) is 3. The van der Waals surface area contributed by atoms with Crippen LogP contribution >= 0.6 is 0 Å². The molecule has 0 aromatic heterocycles. The predicted molar refractivity (Wildman–Crippen MR) is 37.7 cm³/mol. The minimum atomic E-state index is 0.129. The zero-order valence-electron chi connectivity index (χ0n) is 6.22. The molecule has 1 N–H and O–H groups in total. The zero-order valence-corrected chi connectivity index (χ0v) is 6.22. The summed E-state index contributed by atoms with van der Waals surface area (Å²) in [5.74, 6) is 0.234. The van der Waals surface area contributed by atoms with E-state index in [9.17, 15) is 4.79 Å². The number of rotatable bonds is 3. The molecular formula is C7H13NO2. The molecule has 1 aliphatic heterocycles. The van der Waals surface area contributed by atoms with Crippen LogP contribution in [-0.4, -0.2) is 25.2 Å². The van der Waals surface area contributed by atoms with Gasteiger partial charge in [0.05, 0.1) is 6.61 Å². The second kappa shape index (κ2) is 3.68. The Morgan fingerprint density at radius 2 is 2.60 bits per heavy atom. The quantitative estimate of drug-likeness (QED) is 0.617. The van der Waals surface area contributed by atoms with E-state index >= 15 is 0 Å². The molecule has 1 saturated heterocycles. The fourth-order valence-corrected chi connectivity index (χ4v) is 1.000. The maximum absolute atomic E-state index is 10.5. The fraction of sp³-hybridized carbons (Fsp3) is 0.857. The molecule has 10 heavy (non-hydrogen) atoms. The molecule has 1 rings (SSSR count). The Hall–Kier alpha value is -0.410. The number of carbonyl (C=O) groups excluding carboxylic acids is 1. The van der Waals surface area contributed by atoms with Crippen LogP contribution in [0.2, 0.25) is 0 Å². The molecule has 0 saturated carbocycles. The van der Waals surface area contributed by atoms with E-state index < -0.39 is 0 Å². The van der Waals surface area contributed by atoms with E-state index in [2.05, 4.69) is 5.32 Å². The molecule has 1 aliphatic rings. The molecule has 3 nitrogen and oxygen atoms in total. The van der Waals surface area contributed by atoms with Crippen molar-refractivity contribution in [3.05, 3.63) is 0 Å². The van der Waals surface area contributed by atoms with Crippen LogP contribution in [0.4, 0.5) is 0 Å². The monoisotopic (exact) mass is 143 g/mol. The highest BCUT2D eigenvalue weighted by molar-refractivity contribution is 5.75. The lowest BCUT2D eigenvalue weighted by molar-refractivity contribution is -0.117. The van der Waals surface area contributed by atoms with Gasteiger partial charge in [0.2, 0.25) is 0 Å². The van der Waals surface area contributed by atoms with Crippen LogP contribution in [0.1, 0.15) is 19.8 Å². The Bertz CT molecular complexity index is 119. The zero-order chi connectivity index (χ0) is 7.40. The van der Waals surface area contributed by atoms with Crippen LogP contribution in [0.3, 0.4) is 0 Å². The lowest BCUT2D eigenvalue weighted by atomic mass is 10.2. The summed E-state index contributed by atoms with van der Waals surface area (Å²) in [6, 6.07) is 0. The summed E-state index contributed by atoms with van der Waals surface area (Å²) in [5, 5.41) is 3.14. The minimum Gasteiger partial charge on any atom is -0.362 e. The lowest BCUT2D eigenvalue weighted by Crippen LogP contribution is -2.22. The van der Waals surface area contributed by atoms with Crippen molar-refractivity contribution in [2.45, 2.75) is 26.0 Å². The average molecular weight is 143 g/mol. The Labute approximate surface area is 60.7 Å². The fourth-order valence-electron chi connectivity index (χ4n) is 1.000. The third-order valence-corrected chi connectivity index (χ3v) is 1.55. The third-order valence-electron chi connectivity index (χ3n) is 1.55. The first kappa shape index (κ1) is 7.69. The second-order valence-corrected chi connectivity index (χ2v) is 2.55. The highest BCUT2D eigenvalue weighted by Gasteiger charge is 2.13. The van der Waals surface area contributed by atoms with Gasteiger partial charge in [0.15, 0.2) is 0 Å². The van der Waals surface area contributed by atoms with Gasteiger partial charge in [-0.2, -0.15) is 0 Å². The normalized spacial score (nSPS) is 25.1. The van der Waals surface area contributed by atoms with E-state index in [0.717, 1.165) is 19.6 Å². The molecule has 1 heterocycles. The molecule has 0 radical (unpaired) electrons. The van der Waals surface area contributed by atoms with E-state index in [1.165, 1.54) is 0 Å². The Kier molecular flexibility index (Phi) is 2.83. The van der Waals surface area contributed by atoms with Gasteiger partial charge < -0.3 is 9.53 Å². The molecule has 58 valence electrons. The molecule has 3 heteroatoms. The summed E-state index contributed by atoms with van der Waals surface area (Å²) in [6.45, 7) is 3.31. The molecule has 0 amide bonds. The maximum atomic E-state index is 10.5. The van der Waals surface area contributed by atoms with Crippen molar-refractivity contribution >= 4 is 5.78 Å². The van der Waals surface area contributed by atoms with Gasteiger partial charge in [-0.3, -0.25) is 5.32 Å². The molecule has 1 unspecified atom stereocenters. The summed E-state index contributed by atoms with van der Waals surface area (Å²) < 4.78 is 5.24. The van der Waals surface area contributed by atoms with Crippen LogP contribution in [0.5, 0.6) is 0 Å². The number of hydrogen-bond donors (Lipinski definition) is 1. The lowest BCUT2D eigenvalue weighted by Gasteiger charge is -2.06. The standard InChI is InChI=1S/C7H13NO2/c1-6(9)2-3-7-8-4-5-10-7/h7-8H,2-5H2,1H3. The molecule has 1 fully saturated rings. The Morgan fingerprint density at radius 3 is 3.10 bits per heavy atom. The highest BCUT2D eigenvalue weighted by Crippen LogP contribution is 2.03. The smallest absolute Gasteiger partial charge is 0.129 e. The molecular weight excluding hydrogens is 130 g/mol. The molecule has 1 atom stereocenters. The first-order valence-corrected chi connectivity index (χ1v) is 3.63. The number of ketones is 1. The Morgan fingerprint density at radius 1 is 1.80 bits per heavy atom. The van der Waals surface area contributed by atoms with Crippen molar-refractivity contribution in [2.24, 2.45) is 0 Å². The van der Waals surface area contributed by atoms with Gasteiger partial charge >= 0.3 is 0 Å². The van der Waals surface area contributed by atoms with Crippen LogP contribution < -0.4 is 5.32 Å². The highest BCUT2D eigenvalue weighted by atomic mass is 16.5. The second-order valence-electron chi connectivity index (χ2n) is 2.55. The van der Waals surface area contributed by atoms with Gasteiger partial charge in [-0.25, -0.2) is 0 Å². The number of nitrogens with one attached hydrogen (secondary N) is 1. The average Bonchev–Trinajstić information content (AvgIpc) is 2.34. The van der Waals surface area contributed by atoms with E-state index in [0.29, 0.717) is 6.42 Å². The van der Waals surface area contributed by atoms with Crippen LogP contribution in [0, 0.1) is 0 Å². The van der Waals surface area contributed by atoms with Gasteiger partial charge in [-0.05, 0) is 13.3 Å². The maximum Gasteiger partial charge on any atom is 0.129 e. The van der Waals surface area contributed by atoms with Gasteiger partial charge in [0, 0.05) is 13.0 Å². The summed E-state index contributed by atoms with van der Waals surface area (Å²) in [4.78, 5) is 10.5. The van der Waals surface area contributed by atoms with Crippen LogP contribution in [-0.2, 0) is 9.53 Å². The predicted octanol–water partition coefficient (Wildman–Crippen LogP) is 0.301. The summed E-state index contributed by atoms with van der Waals surface area (Å²) >= 11 is 0. The molecule has 0 aromatic rings. The number of ether oxygens (including phenoxy) is 1. The van der Waals surface area contributed by atoms with Crippen molar-refractivity contribution < 1.29 is 9.53 Å². The van der Waals surface area contributed by atoms with Gasteiger partial charge in [-0.15, -0.1) is 0 Å². The largest absolute Gasteiger partial charge is 0.362 e. The summed E-state index contributed by atoms with van der Waals surface area (Å²) in [7, 11) is 0. The van der Waals surface area contributed by atoms with Crippen molar-refractivity contribution in [1.29, 1.82) is 0 Å². The van der Waals surface area contributed by atoms with Crippen LogP contribution in [0.15, 0.2) is 0 Å². The van der Waals surface area contributed by atoms with Crippen LogP contribution in [0.25, 0.3) is 0 Å². The SMILES string of the molecule is CC(=O)CCC1NCCO1. The number of carbonyl (C=O) groups is 1. The van der Waals surface area contributed by atoms with E-state index in [1.54, 1.807) is 6.92 Å². The van der Waals surface area contributed by atoms with E-state index in [1.807, 2.05) is 0 Å². The first-order chi connectivity index (χ1) is 4.79. The third kappa shape index (κ3) is 2.45. The van der Waals surface area contributed by atoms with E-state index in [-0.39, 0.29) is 12.0 Å². The van der Waals surface area contributed by atoms with Crippen molar-refractivity contribution in [2.75, 3.05) is 13.2 Å². The van der Waals surface area contributed by atoms with Gasteiger partial charge in [0.1, 0.15) is 12.0 Å². The molecule has 0 aliphatic carbocycles. The minimum absolute atomic E-state index is 0.129. The van der Waals surface area contributed by atoms with Crippen molar-refractivity contribution in [1.82, 2.24) is 5.32 Å². The number of Topliss-reactive ketones (excluding diaryl/α,β-unsaturated/α-hetero) is 1. The van der Waals surface area contributed by atoms with Crippen molar-refractivity contribution in [3.8, 4) is 0 Å². The van der Waals surface area contributed by atoms with Gasteiger partial charge in [-0.1, -0.05) is 0 Å². The van der Waals surface area contributed by atoms with E-state index in [4.69, 9.17) is 4.74 Å².